The van der Waals surface area contributed by atoms with E-state index >= 15 is 0 Å². The number of likely N-dealkylation sites (tertiary alicyclic amines) is 1. The SMILES string of the molecule is CCC1CCCCN1C(=O)c1csc(CN)n1. The van der Waals surface area contributed by atoms with E-state index in [1.807, 2.05) is 10.3 Å². The molecule has 4 nitrogen and oxygen atoms in total. The second-order valence-electron chi connectivity index (χ2n) is 4.39. The Morgan fingerprint density at radius 2 is 2.47 bits per heavy atom. The highest BCUT2D eigenvalue weighted by Crippen LogP contribution is 2.22. The number of thiazole rings is 1. The summed E-state index contributed by atoms with van der Waals surface area (Å²) >= 11 is 1.47. The Morgan fingerprint density at radius 1 is 1.65 bits per heavy atom. The van der Waals surface area contributed by atoms with Crippen molar-refractivity contribution in [2.45, 2.75) is 45.2 Å². The quantitative estimate of drug-likeness (QED) is 0.896. The van der Waals surface area contributed by atoms with Crippen LogP contribution in [0.5, 0.6) is 0 Å². The van der Waals surface area contributed by atoms with Gasteiger partial charge in [-0.05, 0) is 25.7 Å². The Kier molecular flexibility index (Phi) is 4.12. The molecule has 94 valence electrons. The third-order valence-corrected chi connectivity index (χ3v) is 4.18. The second-order valence-corrected chi connectivity index (χ2v) is 5.33. The van der Waals surface area contributed by atoms with Crippen molar-refractivity contribution in [3.63, 3.8) is 0 Å². The van der Waals surface area contributed by atoms with Gasteiger partial charge in [-0.25, -0.2) is 4.98 Å². The lowest BCUT2D eigenvalue weighted by Gasteiger charge is -2.34. The number of aromatic nitrogens is 1. The van der Waals surface area contributed by atoms with Gasteiger partial charge in [-0.2, -0.15) is 0 Å². The average molecular weight is 253 g/mol. The molecular weight excluding hydrogens is 234 g/mol. The lowest BCUT2D eigenvalue weighted by Crippen LogP contribution is -2.43. The lowest BCUT2D eigenvalue weighted by atomic mass is 10.00. The van der Waals surface area contributed by atoms with Crippen LogP contribution in [0.25, 0.3) is 0 Å². The molecule has 1 saturated heterocycles. The Labute approximate surface area is 106 Å². The van der Waals surface area contributed by atoms with Crippen LogP contribution in [-0.4, -0.2) is 28.4 Å². The second kappa shape index (κ2) is 5.60. The van der Waals surface area contributed by atoms with E-state index in [1.54, 1.807) is 0 Å². The summed E-state index contributed by atoms with van der Waals surface area (Å²) in [5.41, 5.74) is 6.08. The number of carbonyl (C=O) groups excluding carboxylic acids is 1. The van der Waals surface area contributed by atoms with E-state index in [1.165, 1.54) is 17.8 Å². The number of nitrogens with two attached hydrogens (primary N) is 1. The molecule has 0 saturated carbocycles. The van der Waals surface area contributed by atoms with Crippen molar-refractivity contribution >= 4 is 17.2 Å². The number of nitrogens with zero attached hydrogens (tertiary/aromatic N) is 2. The molecule has 2 rings (SSSR count). The van der Waals surface area contributed by atoms with Crippen LogP contribution in [0.4, 0.5) is 0 Å². The minimum absolute atomic E-state index is 0.0764. The highest BCUT2D eigenvalue weighted by Gasteiger charge is 2.27. The number of rotatable bonds is 3. The molecule has 17 heavy (non-hydrogen) atoms. The van der Waals surface area contributed by atoms with E-state index < -0.39 is 0 Å². The van der Waals surface area contributed by atoms with Crippen molar-refractivity contribution in [2.24, 2.45) is 5.73 Å². The van der Waals surface area contributed by atoms with Crippen LogP contribution in [-0.2, 0) is 6.54 Å². The summed E-state index contributed by atoms with van der Waals surface area (Å²) in [6, 6.07) is 0.388. The molecule has 0 bridgehead atoms. The third kappa shape index (κ3) is 2.66. The highest BCUT2D eigenvalue weighted by atomic mass is 32.1. The van der Waals surface area contributed by atoms with Crippen molar-refractivity contribution in [1.82, 2.24) is 9.88 Å². The molecule has 2 heterocycles. The summed E-state index contributed by atoms with van der Waals surface area (Å²) in [5.74, 6) is 0.0764. The van der Waals surface area contributed by atoms with Crippen LogP contribution < -0.4 is 5.73 Å². The maximum Gasteiger partial charge on any atom is 0.273 e. The van der Waals surface area contributed by atoms with Crippen molar-refractivity contribution in [1.29, 1.82) is 0 Å². The van der Waals surface area contributed by atoms with E-state index in [0.29, 0.717) is 18.3 Å². The maximum atomic E-state index is 12.3. The molecule has 2 N–H and O–H groups in total. The first-order chi connectivity index (χ1) is 8.26. The predicted octanol–water partition coefficient (Wildman–Crippen LogP) is 2.01. The number of hydrogen-bond acceptors (Lipinski definition) is 4. The molecule has 0 aliphatic carbocycles. The topological polar surface area (TPSA) is 59.2 Å². The number of piperidine rings is 1. The van der Waals surface area contributed by atoms with Gasteiger partial charge in [0.15, 0.2) is 0 Å². The van der Waals surface area contributed by atoms with E-state index in [-0.39, 0.29) is 5.91 Å². The molecular formula is C12H19N3OS. The number of hydrogen-bond donors (Lipinski definition) is 1. The largest absolute Gasteiger partial charge is 0.334 e. The van der Waals surface area contributed by atoms with E-state index in [0.717, 1.165) is 30.8 Å². The summed E-state index contributed by atoms with van der Waals surface area (Å²) in [6.07, 6.45) is 4.49. The van der Waals surface area contributed by atoms with Gasteiger partial charge in [0.05, 0.1) is 0 Å². The van der Waals surface area contributed by atoms with Gasteiger partial charge in [-0.3, -0.25) is 4.79 Å². The molecule has 1 amide bonds. The van der Waals surface area contributed by atoms with Gasteiger partial charge < -0.3 is 10.6 Å². The minimum atomic E-state index is 0.0764. The van der Waals surface area contributed by atoms with Gasteiger partial charge in [0.25, 0.3) is 5.91 Å². The molecule has 0 aromatic carbocycles. The predicted molar refractivity (Wildman–Crippen MR) is 69.0 cm³/mol. The fourth-order valence-electron chi connectivity index (χ4n) is 2.34. The number of amides is 1. The zero-order chi connectivity index (χ0) is 12.3. The van der Waals surface area contributed by atoms with Crippen LogP contribution in [0.2, 0.25) is 0 Å². The average Bonchev–Trinajstić information content (AvgIpc) is 2.86. The molecule has 1 aromatic rings. The fraction of sp³-hybridized carbons (Fsp3) is 0.667. The first kappa shape index (κ1) is 12.5. The van der Waals surface area contributed by atoms with Crippen LogP contribution in [0.3, 0.4) is 0 Å². The van der Waals surface area contributed by atoms with Gasteiger partial charge in [0.2, 0.25) is 0 Å². The van der Waals surface area contributed by atoms with Gasteiger partial charge in [-0.15, -0.1) is 11.3 Å². The lowest BCUT2D eigenvalue weighted by molar-refractivity contribution is 0.0602. The maximum absolute atomic E-state index is 12.3. The molecule has 1 atom stereocenters. The summed E-state index contributed by atoms with van der Waals surface area (Å²) in [4.78, 5) is 18.6. The third-order valence-electron chi connectivity index (χ3n) is 3.30. The van der Waals surface area contributed by atoms with Crippen LogP contribution in [0.15, 0.2) is 5.38 Å². The first-order valence-electron chi connectivity index (χ1n) is 6.21. The Hall–Kier alpha value is -0.940. The zero-order valence-corrected chi connectivity index (χ0v) is 11.0. The Morgan fingerprint density at radius 3 is 3.12 bits per heavy atom. The summed E-state index contributed by atoms with van der Waals surface area (Å²) < 4.78 is 0. The normalized spacial score (nSPS) is 20.6. The van der Waals surface area contributed by atoms with Gasteiger partial charge in [-0.1, -0.05) is 6.92 Å². The van der Waals surface area contributed by atoms with Crippen molar-refractivity contribution in [2.75, 3.05) is 6.54 Å². The molecule has 1 unspecified atom stereocenters. The fourth-order valence-corrected chi connectivity index (χ4v) is 2.99. The van der Waals surface area contributed by atoms with E-state index in [9.17, 15) is 4.79 Å². The Balaban J connectivity index is 2.12. The Bertz CT molecular complexity index is 391. The number of carbonyl (C=O) groups is 1. The van der Waals surface area contributed by atoms with Crippen molar-refractivity contribution in [3.8, 4) is 0 Å². The molecule has 1 aliphatic heterocycles. The molecule has 0 spiro atoms. The summed E-state index contributed by atoms with van der Waals surface area (Å²) in [7, 11) is 0. The van der Waals surface area contributed by atoms with Crippen LogP contribution >= 0.6 is 11.3 Å². The van der Waals surface area contributed by atoms with E-state index in [4.69, 9.17) is 5.73 Å². The van der Waals surface area contributed by atoms with Crippen LogP contribution in [0, 0.1) is 0 Å². The standard InChI is InChI=1S/C12H19N3OS/c1-2-9-5-3-4-6-15(9)12(16)10-8-17-11(7-13)14-10/h8-9H,2-7,13H2,1H3. The summed E-state index contributed by atoms with van der Waals surface area (Å²) in [5, 5.41) is 2.66. The van der Waals surface area contributed by atoms with E-state index in [2.05, 4.69) is 11.9 Å². The van der Waals surface area contributed by atoms with Crippen molar-refractivity contribution < 1.29 is 4.79 Å². The molecule has 1 fully saturated rings. The smallest absolute Gasteiger partial charge is 0.273 e. The van der Waals surface area contributed by atoms with Gasteiger partial charge in [0.1, 0.15) is 10.7 Å². The van der Waals surface area contributed by atoms with Crippen LogP contribution in [0.1, 0.15) is 48.1 Å². The highest BCUT2D eigenvalue weighted by molar-refractivity contribution is 7.09. The van der Waals surface area contributed by atoms with Crippen molar-refractivity contribution in [3.05, 3.63) is 16.1 Å². The molecule has 5 heteroatoms. The van der Waals surface area contributed by atoms with Gasteiger partial charge >= 0.3 is 0 Å². The first-order valence-corrected chi connectivity index (χ1v) is 7.09. The molecule has 1 aromatic heterocycles. The molecule has 0 radical (unpaired) electrons. The van der Waals surface area contributed by atoms with Gasteiger partial charge in [0, 0.05) is 24.5 Å². The monoisotopic (exact) mass is 253 g/mol. The molecule has 1 aliphatic rings. The zero-order valence-electron chi connectivity index (χ0n) is 10.2. The minimum Gasteiger partial charge on any atom is -0.334 e. The summed E-state index contributed by atoms with van der Waals surface area (Å²) in [6.45, 7) is 3.42.